The Labute approximate surface area is 76.3 Å². The van der Waals surface area contributed by atoms with Gasteiger partial charge >= 0.3 is 0 Å². The summed E-state index contributed by atoms with van der Waals surface area (Å²) in [6.07, 6.45) is 1.51. The van der Waals surface area contributed by atoms with E-state index in [0.29, 0.717) is 5.56 Å². The van der Waals surface area contributed by atoms with Crippen molar-refractivity contribution in [1.29, 1.82) is 0 Å². The first kappa shape index (κ1) is 8.53. The Morgan fingerprint density at radius 3 is 2.46 bits per heavy atom. The summed E-state index contributed by atoms with van der Waals surface area (Å²) >= 11 is 0. The summed E-state index contributed by atoms with van der Waals surface area (Å²) in [4.78, 5) is 0. The number of aliphatic hydroxyl groups is 2. The highest BCUT2D eigenvalue weighted by Gasteiger charge is 2.42. The standard InChI is InChI=1S/C10H12O3/c11-6-7-1-2-8(5-9(7)12)10(13)3-4-10/h1-2,5,11-13H,3-4,6H2. The molecule has 0 saturated heterocycles. The molecule has 1 aromatic rings. The third kappa shape index (κ3) is 1.41. The van der Waals surface area contributed by atoms with Crippen LogP contribution in [-0.2, 0) is 12.2 Å². The molecule has 1 aromatic carbocycles. The molecule has 0 amide bonds. The SMILES string of the molecule is OCc1ccc(C2(O)CC2)cc1O. The van der Waals surface area contributed by atoms with Gasteiger partial charge in [0.15, 0.2) is 0 Å². The molecule has 0 aromatic heterocycles. The molecule has 1 aliphatic rings. The van der Waals surface area contributed by atoms with Gasteiger partial charge in [-0.1, -0.05) is 12.1 Å². The van der Waals surface area contributed by atoms with E-state index in [9.17, 15) is 10.2 Å². The van der Waals surface area contributed by atoms with Crippen LogP contribution in [0.15, 0.2) is 18.2 Å². The molecule has 0 radical (unpaired) electrons. The minimum absolute atomic E-state index is 0.0559. The molecule has 70 valence electrons. The summed E-state index contributed by atoms with van der Waals surface area (Å²) in [5.74, 6) is 0.0559. The van der Waals surface area contributed by atoms with Gasteiger partial charge in [-0.05, 0) is 24.5 Å². The Bertz CT molecular complexity index is 329. The highest BCUT2D eigenvalue weighted by atomic mass is 16.3. The zero-order chi connectivity index (χ0) is 9.47. The molecule has 3 heteroatoms. The molecule has 2 rings (SSSR count). The lowest BCUT2D eigenvalue weighted by Crippen LogP contribution is -2.03. The Kier molecular flexibility index (Phi) is 1.78. The van der Waals surface area contributed by atoms with Crippen LogP contribution >= 0.6 is 0 Å². The minimum atomic E-state index is -0.717. The zero-order valence-corrected chi connectivity index (χ0v) is 7.20. The first-order valence-corrected chi connectivity index (χ1v) is 4.31. The van der Waals surface area contributed by atoms with E-state index in [4.69, 9.17) is 5.11 Å². The summed E-state index contributed by atoms with van der Waals surface area (Å²) in [6.45, 7) is -0.176. The van der Waals surface area contributed by atoms with Gasteiger partial charge in [-0.2, -0.15) is 0 Å². The predicted octanol–water partition coefficient (Wildman–Crippen LogP) is 0.866. The van der Waals surface area contributed by atoms with Gasteiger partial charge < -0.3 is 15.3 Å². The average Bonchev–Trinajstić information content (AvgIpc) is 2.85. The van der Waals surface area contributed by atoms with Crippen LogP contribution in [0.1, 0.15) is 24.0 Å². The van der Waals surface area contributed by atoms with Crippen LogP contribution in [-0.4, -0.2) is 15.3 Å². The summed E-state index contributed by atoms with van der Waals surface area (Å²) in [5, 5.41) is 27.9. The molecule has 3 N–H and O–H groups in total. The smallest absolute Gasteiger partial charge is 0.121 e. The van der Waals surface area contributed by atoms with Crippen molar-refractivity contribution in [2.75, 3.05) is 0 Å². The summed E-state index contributed by atoms with van der Waals surface area (Å²) in [6, 6.07) is 4.91. The second-order valence-corrected chi connectivity index (χ2v) is 3.53. The van der Waals surface area contributed by atoms with Crippen LogP contribution in [0.25, 0.3) is 0 Å². The van der Waals surface area contributed by atoms with Crippen molar-refractivity contribution in [2.24, 2.45) is 0 Å². The van der Waals surface area contributed by atoms with E-state index < -0.39 is 5.60 Å². The zero-order valence-electron chi connectivity index (χ0n) is 7.20. The van der Waals surface area contributed by atoms with Crippen molar-refractivity contribution >= 4 is 0 Å². The van der Waals surface area contributed by atoms with Gasteiger partial charge in [0, 0.05) is 5.56 Å². The van der Waals surface area contributed by atoms with Crippen LogP contribution in [0.5, 0.6) is 5.75 Å². The van der Waals surface area contributed by atoms with Gasteiger partial charge in [0.05, 0.1) is 12.2 Å². The monoisotopic (exact) mass is 180 g/mol. The maximum atomic E-state index is 9.71. The number of rotatable bonds is 2. The second kappa shape index (κ2) is 2.72. The van der Waals surface area contributed by atoms with Crippen LogP contribution in [0.4, 0.5) is 0 Å². The van der Waals surface area contributed by atoms with Crippen molar-refractivity contribution in [1.82, 2.24) is 0 Å². The van der Waals surface area contributed by atoms with Gasteiger partial charge in [-0.15, -0.1) is 0 Å². The first-order chi connectivity index (χ1) is 6.15. The number of hydrogen-bond acceptors (Lipinski definition) is 3. The van der Waals surface area contributed by atoms with Crippen molar-refractivity contribution in [2.45, 2.75) is 25.0 Å². The largest absolute Gasteiger partial charge is 0.508 e. The Morgan fingerprint density at radius 1 is 1.31 bits per heavy atom. The molecule has 3 nitrogen and oxygen atoms in total. The number of phenols is 1. The highest BCUT2D eigenvalue weighted by Crippen LogP contribution is 2.46. The van der Waals surface area contributed by atoms with Crippen molar-refractivity contribution in [3.8, 4) is 5.75 Å². The molecule has 13 heavy (non-hydrogen) atoms. The van der Waals surface area contributed by atoms with Crippen molar-refractivity contribution in [3.63, 3.8) is 0 Å². The number of benzene rings is 1. The topological polar surface area (TPSA) is 60.7 Å². The molecule has 0 atom stereocenters. The lowest BCUT2D eigenvalue weighted by molar-refractivity contribution is 0.151. The van der Waals surface area contributed by atoms with Crippen molar-refractivity contribution < 1.29 is 15.3 Å². The third-order valence-electron chi connectivity index (χ3n) is 2.52. The molecule has 0 aliphatic heterocycles. The molecule has 0 heterocycles. The van der Waals surface area contributed by atoms with E-state index in [2.05, 4.69) is 0 Å². The molecular weight excluding hydrogens is 168 g/mol. The maximum Gasteiger partial charge on any atom is 0.121 e. The van der Waals surface area contributed by atoms with Crippen LogP contribution in [0.2, 0.25) is 0 Å². The minimum Gasteiger partial charge on any atom is -0.508 e. The first-order valence-electron chi connectivity index (χ1n) is 4.31. The van der Waals surface area contributed by atoms with E-state index in [1.807, 2.05) is 0 Å². The molecular formula is C10H12O3. The maximum absolute atomic E-state index is 9.71. The van der Waals surface area contributed by atoms with Crippen molar-refractivity contribution in [3.05, 3.63) is 29.3 Å². The molecule has 0 unspecified atom stereocenters. The molecule has 1 fully saturated rings. The Morgan fingerprint density at radius 2 is 2.00 bits per heavy atom. The van der Waals surface area contributed by atoms with Crippen LogP contribution < -0.4 is 0 Å². The van der Waals surface area contributed by atoms with E-state index in [-0.39, 0.29) is 12.4 Å². The lowest BCUT2D eigenvalue weighted by Gasteiger charge is -2.09. The van der Waals surface area contributed by atoms with Crippen LogP contribution in [0, 0.1) is 0 Å². The fourth-order valence-electron chi connectivity index (χ4n) is 1.39. The van der Waals surface area contributed by atoms with Gasteiger partial charge in [0.1, 0.15) is 5.75 Å². The fraction of sp³-hybridized carbons (Fsp3) is 0.400. The number of aliphatic hydroxyl groups excluding tert-OH is 1. The highest BCUT2D eigenvalue weighted by molar-refractivity contribution is 5.40. The predicted molar refractivity (Wildman–Crippen MR) is 47.2 cm³/mol. The fourth-order valence-corrected chi connectivity index (χ4v) is 1.39. The van der Waals surface area contributed by atoms with E-state index in [1.54, 1.807) is 12.1 Å². The van der Waals surface area contributed by atoms with Gasteiger partial charge in [0.2, 0.25) is 0 Å². The van der Waals surface area contributed by atoms with Crippen LogP contribution in [0.3, 0.4) is 0 Å². The molecule has 1 aliphatic carbocycles. The third-order valence-corrected chi connectivity index (χ3v) is 2.52. The average molecular weight is 180 g/mol. The van der Waals surface area contributed by atoms with E-state index >= 15 is 0 Å². The molecule has 0 spiro atoms. The quantitative estimate of drug-likeness (QED) is 0.632. The Balaban J connectivity index is 2.36. The lowest BCUT2D eigenvalue weighted by atomic mass is 10.0. The Hall–Kier alpha value is -1.06. The van der Waals surface area contributed by atoms with Gasteiger partial charge in [0.25, 0.3) is 0 Å². The van der Waals surface area contributed by atoms with E-state index in [1.165, 1.54) is 6.07 Å². The normalized spacial score (nSPS) is 18.6. The van der Waals surface area contributed by atoms with E-state index in [0.717, 1.165) is 18.4 Å². The van der Waals surface area contributed by atoms with Gasteiger partial charge in [-0.3, -0.25) is 0 Å². The second-order valence-electron chi connectivity index (χ2n) is 3.53. The summed E-state index contributed by atoms with van der Waals surface area (Å²) < 4.78 is 0. The molecule has 0 bridgehead atoms. The summed E-state index contributed by atoms with van der Waals surface area (Å²) in [7, 11) is 0. The molecule has 1 saturated carbocycles. The number of hydrogen-bond donors (Lipinski definition) is 3. The summed E-state index contributed by atoms with van der Waals surface area (Å²) in [5.41, 5.74) is 0.515. The van der Waals surface area contributed by atoms with Gasteiger partial charge in [-0.25, -0.2) is 0 Å². The number of aromatic hydroxyl groups is 1.